The highest BCUT2D eigenvalue weighted by atomic mass is 32.2. The first-order chi connectivity index (χ1) is 17.7. The first-order valence-corrected chi connectivity index (χ1v) is 14.5. The van der Waals surface area contributed by atoms with Crippen molar-refractivity contribution in [3.63, 3.8) is 0 Å². The van der Waals surface area contributed by atoms with Gasteiger partial charge in [-0.2, -0.15) is 4.31 Å². The van der Waals surface area contributed by atoms with Crippen LogP contribution in [0.1, 0.15) is 50.1 Å². The smallest absolute Gasteiger partial charge is 0.256 e. The van der Waals surface area contributed by atoms with Gasteiger partial charge in [-0.1, -0.05) is 37.3 Å². The van der Waals surface area contributed by atoms with Crippen LogP contribution in [0.4, 0.5) is 5.00 Å². The lowest BCUT2D eigenvalue weighted by Crippen LogP contribution is -2.31. The van der Waals surface area contributed by atoms with Crippen LogP contribution in [0.2, 0.25) is 0 Å². The molecule has 2 heterocycles. The normalized spacial score (nSPS) is 13.8. The highest BCUT2D eigenvalue weighted by Crippen LogP contribution is 2.37. The zero-order valence-electron chi connectivity index (χ0n) is 21.3. The van der Waals surface area contributed by atoms with Crippen LogP contribution in [0.3, 0.4) is 0 Å². The zero-order chi connectivity index (χ0) is 26.6. The lowest BCUT2D eigenvalue weighted by Gasteiger charge is -2.26. The van der Waals surface area contributed by atoms with Gasteiger partial charge in [0, 0.05) is 44.2 Å². The first-order valence-electron chi connectivity index (χ1n) is 12.2. The Hall–Kier alpha value is -3.05. The molecule has 0 fully saturated rings. The van der Waals surface area contributed by atoms with Gasteiger partial charge in [0.05, 0.1) is 10.5 Å². The van der Waals surface area contributed by atoms with Gasteiger partial charge >= 0.3 is 0 Å². The van der Waals surface area contributed by atoms with Gasteiger partial charge < -0.3 is 10.6 Å². The summed E-state index contributed by atoms with van der Waals surface area (Å²) in [6.07, 6.45) is 1.81. The summed E-state index contributed by atoms with van der Waals surface area (Å²) in [4.78, 5) is 29.3. The van der Waals surface area contributed by atoms with Crippen molar-refractivity contribution in [2.24, 2.45) is 0 Å². The van der Waals surface area contributed by atoms with Crippen molar-refractivity contribution >= 4 is 38.2 Å². The molecule has 0 unspecified atom stereocenters. The molecule has 3 aromatic rings. The second-order valence-electron chi connectivity index (χ2n) is 9.04. The van der Waals surface area contributed by atoms with Crippen molar-refractivity contribution in [1.29, 1.82) is 0 Å². The van der Waals surface area contributed by atoms with E-state index in [1.807, 2.05) is 30.3 Å². The van der Waals surface area contributed by atoms with Crippen molar-refractivity contribution in [3.8, 4) is 0 Å². The average Bonchev–Trinajstić information content (AvgIpc) is 3.26. The number of carbonyl (C=O) groups is 2. The fourth-order valence-corrected chi connectivity index (χ4v) is 6.92. The Kier molecular flexibility index (Phi) is 8.43. The third kappa shape index (κ3) is 5.93. The van der Waals surface area contributed by atoms with E-state index >= 15 is 0 Å². The van der Waals surface area contributed by atoms with Gasteiger partial charge in [-0.15, -0.1) is 11.3 Å². The van der Waals surface area contributed by atoms with Crippen molar-refractivity contribution in [2.45, 2.75) is 37.8 Å². The summed E-state index contributed by atoms with van der Waals surface area (Å²) in [5.41, 5.74) is 2.71. The molecule has 0 spiro atoms. The molecular weight excluding hydrogens is 508 g/mol. The molecule has 0 aliphatic carbocycles. The molecule has 196 valence electrons. The minimum absolute atomic E-state index is 0.108. The molecule has 4 rings (SSSR count). The fourth-order valence-electron chi connectivity index (χ4n) is 4.48. The molecular formula is C27H32N4O4S2. The first kappa shape index (κ1) is 27.0. The largest absolute Gasteiger partial charge is 0.355 e. The number of hydrogen-bond donors (Lipinski definition) is 2. The third-order valence-corrected chi connectivity index (χ3v) is 9.38. The van der Waals surface area contributed by atoms with E-state index in [0.29, 0.717) is 16.1 Å². The average molecular weight is 541 g/mol. The summed E-state index contributed by atoms with van der Waals surface area (Å²) >= 11 is 1.43. The van der Waals surface area contributed by atoms with Crippen LogP contribution in [0.5, 0.6) is 0 Å². The zero-order valence-corrected chi connectivity index (χ0v) is 22.9. The van der Waals surface area contributed by atoms with E-state index in [1.165, 1.54) is 47.0 Å². The van der Waals surface area contributed by atoms with E-state index < -0.39 is 15.9 Å². The summed E-state index contributed by atoms with van der Waals surface area (Å²) in [6.45, 7) is 5.01. The summed E-state index contributed by atoms with van der Waals surface area (Å²) < 4.78 is 27.3. The van der Waals surface area contributed by atoms with Gasteiger partial charge in [-0.25, -0.2) is 8.42 Å². The predicted octanol–water partition coefficient (Wildman–Crippen LogP) is 3.95. The Labute approximate surface area is 222 Å². The highest BCUT2D eigenvalue weighted by molar-refractivity contribution is 7.89. The summed E-state index contributed by atoms with van der Waals surface area (Å²) in [5, 5.41) is 6.11. The van der Waals surface area contributed by atoms with Crippen LogP contribution < -0.4 is 10.6 Å². The topological polar surface area (TPSA) is 98.8 Å². The van der Waals surface area contributed by atoms with Crippen LogP contribution in [0.15, 0.2) is 59.5 Å². The number of fused-ring (bicyclic) bond motifs is 1. The predicted molar refractivity (Wildman–Crippen MR) is 146 cm³/mol. The molecule has 8 nitrogen and oxygen atoms in total. The van der Waals surface area contributed by atoms with E-state index in [2.05, 4.69) is 22.5 Å². The van der Waals surface area contributed by atoms with Gasteiger partial charge in [-0.3, -0.25) is 14.5 Å². The highest BCUT2D eigenvalue weighted by Gasteiger charge is 2.28. The molecule has 0 bridgehead atoms. The number of nitrogens with one attached hydrogen (secondary N) is 2. The molecule has 2 amide bonds. The monoisotopic (exact) mass is 540 g/mol. The number of thiophene rings is 1. The van der Waals surface area contributed by atoms with Crippen LogP contribution in [-0.4, -0.2) is 56.6 Å². The molecule has 1 aromatic heterocycles. The van der Waals surface area contributed by atoms with E-state index in [0.717, 1.165) is 48.5 Å². The Morgan fingerprint density at radius 3 is 2.41 bits per heavy atom. The number of sulfonamides is 1. The van der Waals surface area contributed by atoms with E-state index in [-0.39, 0.29) is 17.3 Å². The van der Waals surface area contributed by atoms with E-state index in [9.17, 15) is 18.0 Å². The molecule has 2 N–H and O–H groups in total. The Morgan fingerprint density at radius 2 is 1.76 bits per heavy atom. The second kappa shape index (κ2) is 11.6. The van der Waals surface area contributed by atoms with Gasteiger partial charge in [-0.05, 0) is 54.8 Å². The lowest BCUT2D eigenvalue weighted by molar-refractivity contribution is 0.0962. The van der Waals surface area contributed by atoms with Crippen molar-refractivity contribution in [2.75, 3.05) is 32.5 Å². The molecule has 0 saturated heterocycles. The third-order valence-electron chi connectivity index (χ3n) is 6.43. The van der Waals surface area contributed by atoms with Gasteiger partial charge in [0.2, 0.25) is 10.0 Å². The van der Waals surface area contributed by atoms with E-state index in [1.54, 1.807) is 7.05 Å². The molecule has 0 radical (unpaired) electrons. The number of nitrogens with zero attached hydrogens (tertiary/aromatic N) is 2. The maximum atomic E-state index is 13.1. The number of benzene rings is 2. The second-order valence-corrected chi connectivity index (χ2v) is 12.2. The number of carbonyl (C=O) groups excluding carboxylic acids is 2. The summed E-state index contributed by atoms with van der Waals surface area (Å²) in [7, 11) is -0.613. The quantitative estimate of drug-likeness (QED) is 0.428. The van der Waals surface area contributed by atoms with E-state index in [4.69, 9.17) is 0 Å². The minimum atomic E-state index is -3.73. The van der Waals surface area contributed by atoms with Crippen molar-refractivity contribution < 1.29 is 18.0 Å². The summed E-state index contributed by atoms with van der Waals surface area (Å²) in [6, 6.07) is 15.2. The summed E-state index contributed by atoms with van der Waals surface area (Å²) in [5.74, 6) is -0.615. The van der Waals surface area contributed by atoms with Gasteiger partial charge in [0.1, 0.15) is 5.00 Å². The standard InChI is InChI=1S/C27H32N4O4S2/c1-4-15-31-16-14-22-23(18-31)36-27(24(22)26(33)28-2)29-25(32)20-10-12-21(13-11-20)37(34,35)30(3)17-19-8-6-5-7-9-19/h5-13H,4,14-18H2,1-3H3,(H,28,33)(H,29,32). The van der Waals surface area contributed by atoms with Gasteiger partial charge in [0.15, 0.2) is 0 Å². The van der Waals surface area contributed by atoms with Crippen LogP contribution in [0, 0.1) is 0 Å². The lowest BCUT2D eigenvalue weighted by atomic mass is 10.0. The maximum Gasteiger partial charge on any atom is 0.256 e. The molecule has 10 heteroatoms. The minimum Gasteiger partial charge on any atom is -0.355 e. The molecule has 1 aliphatic heterocycles. The van der Waals surface area contributed by atoms with Crippen LogP contribution >= 0.6 is 11.3 Å². The molecule has 37 heavy (non-hydrogen) atoms. The molecule has 0 atom stereocenters. The van der Waals surface area contributed by atoms with Crippen LogP contribution in [-0.2, 0) is 29.5 Å². The van der Waals surface area contributed by atoms with Crippen LogP contribution in [0.25, 0.3) is 0 Å². The maximum absolute atomic E-state index is 13.1. The number of hydrogen-bond acceptors (Lipinski definition) is 6. The number of anilines is 1. The Morgan fingerprint density at radius 1 is 1.05 bits per heavy atom. The van der Waals surface area contributed by atoms with Gasteiger partial charge in [0.25, 0.3) is 11.8 Å². The SMILES string of the molecule is CCCN1CCc2c(sc(NC(=O)c3ccc(S(=O)(=O)N(C)Cc4ccccc4)cc3)c2C(=O)NC)C1. The molecule has 0 saturated carbocycles. The Balaban J connectivity index is 1.52. The number of rotatable bonds is 9. The molecule has 2 aromatic carbocycles. The number of amides is 2. The van der Waals surface area contributed by atoms with Crippen molar-refractivity contribution in [1.82, 2.24) is 14.5 Å². The Bertz CT molecular complexity index is 1370. The molecule has 1 aliphatic rings. The van der Waals surface area contributed by atoms with Crippen molar-refractivity contribution in [3.05, 3.63) is 81.7 Å². The fraction of sp³-hybridized carbons (Fsp3) is 0.333.